The van der Waals surface area contributed by atoms with Gasteiger partial charge >= 0.3 is 0 Å². The van der Waals surface area contributed by atoms with Gasteiger partial charge in [-0.2, -0.15) is 0 Å². The highest BCUT2D eigenvalue weighted by Crippen LogP contribution is 2.09. The Balaban J connectivity index is 2.81. The molecule has 1 rings (SSSR count). The number of nitrogen functional groups attached to an aromatic ring is 1. The Bertz CT molecular complexity index is 349. The monoisotopic (exact) mass is 224 g/mol. The number of nitrogens with zero attached hydrogens (tertiary/aromatic N) is 1. The summed E-state index contributed by atoms with van der Waals surface area (Å²) in [6.07, 6.45) is 0. The molecule has 88 valence electrons. The first-order valence-electron chi connectivity index (χ1n) is 5.05. The number of benzene rings is 1. The largest absolute Gasteiger partial charge is 0.399 e. The van der Waals surface area contributed by atoms with Crippen LogP contribution >= 0.6 is 0 Å². The van der Waals surface area contributed by atoms with Gasteiger partial charge in [0, 0.05) is 24.3 Å². The molecule has 0 radical (unpaired) electrons. The van der Waals surface area contributed by atoms with E-state index >= 15 is 0 Å². The number of amides is 1. The molecule has 5 nitrogen and oxygen atoms in total. The summed E-state index contributed by atoms with van der Waals surface area (Å²) in [5.41, 5.74) is 6.55. The molecule has 0 unspecified atom stereocenters. The van der Waals surface area contributed by atoms with Gasteiger partial charge in [0.25, 0.3) is 5.91 Å². The zero-order valence-corrected chi connectivity index (χ0v) is 8.97. The van der Waals surface area contributed by atoms with Crippen LogP contribution in [0, 0.1) is 0 Å². The van der Waals surface area contributed by atoms with Gasteiger partial charge in [-0.1, -0.05) is 6.07 Å². The number of anilines is 1. The Labute approximate surface area is 94.1 Å². The smallest absolute Gasteiger partial charge is 0.254 e. The number of rotatable bonds is 5. The second kappa shape index (κ2) is 6.09. The zero-order valence-electron chi connectivity index (χ0n) is 8.97. The minimum Gasteiger partial charge on any atom is -0.399 e. The van der Waals surface area contributed by atoms with Gasteiger partial charge in [-0.05, 0) is 18.2 Å². The van der Waals surface area contributed by atoms with Crippen molar-refractivity contribution in [2.75, 3.05) is 32.0 Å². The van der Waals surface area contributed by atoms with E-state index < -0.39 is 0 Å². The van der Waals surface area contributed by atoms with Crippen molar-refractivity contribution in [2.24, 2.45) is 0 Å². The van der Waals surface area contributed by atoms with E-state index in [1.54, 1.807) is 24.3 Å². The number of carbonyl (C=O) groups excluding carboxylic acids is 1. The maximum atomic E-state index is 11.9. The van der Waals surface area contributed by atoms with Crippen LogP contribution in [0.5, 0.6) is 0 Å². The quantitative estimate of drug-likeness (QED) is 0.599. The number of aliphatic hydroxyl groups is 2. The molecular formula is C11H16N2O3. The summed E-state index contributed by atoms with van der Waals surface area (Å²) in [6.45, 7) is 0.143. The van der Waals surface area contributed by atoms with Crippen molar-refractivity contribution in [1.29, 1.82) is 0 Å². The van der Waals surface area contributed by atoms with Crippen LogP contribution in [0.4, 0.5) is 5.69 Å². The van der Waals surface area contributed by atoms with Crippen LogP contribution < -0.4 is 5.73 Å². The fourth-order valence-electron chi connectivity index (χ4n) is 1.41. The van der Waals surface area contributed by atoms with Gasteiger partial charge in [0.05, 0.1) is 13.2 Å². The van der Waals surface area contributed by atoms with Crippen molar-refractivity contribution in [3.63, 3.8) is 0 Å². The number of nitrogens with two attached hydrogens (primary N) is 1. The molecule has 0 spiro atoms. The van der Waals surface area contributed by atoms with Crippen molar-refractivity contribution < 1.29 is 15.0 Å². The van der Waals surface area contributed by atoms with E-state index in [-0.39, 0.29) is 32.2 Å². The lowest BCUT2D eigenvalue weighted by Gasteiger charge is -2.20. The van der Waals surface area contributed by atoms with Gasteiger partial charge in [0.15, 0.2) is 0 Å². The van der Waals surface area contributed by atoms with E-state index in [1.807, 2.05) is 0 Å². The predicted molar refractivity (Wildman–Crippen MR) is 60.9 cm³/mol. The first kappa shape index (κ1) is 12.5. The molecule has 0 bridgehead atoms. The summed E-state index contributed by atoms with van der Waals surface area (Å²) in [5, 5.41) is 17.6. The highest BCUT2D eigenvalue weighted by atomic mass is 16.3. The Hall–Kier alpha value is -1.59. The van der Waals surface area contributed by atoms with Crippen LogP contribution in [0.3, 0.4) is 0 Å². The highest BCUT2D eigenvalue weighted by Gasteiger charge is 2.14. The molecule has 16 heavy (non-hydrogen) atoms. The van der Waals surface area contributed by atoms with Crippen molar-refractivity contribution in [1.82, 2.24) is 4.90 Å². The minimum atomic E-state index is -0.240. The van der Waals surface area contributed by atoms with E-state index in [4.69, 9.17) is 15.9 Å². The van der Waals surface area contributed by atoms with Gasteiger partial charge < -0.3 is 20.8 Å². The van der Waals surface area contributed by atoms with Crippen LogP contribution in [0.1, 0.15) is 10.4 Å². The lowest BCUT2D eigenvalue weighted by atomic mass is 10.2. The fraction of sp³-hybridized carbons (Fsp3) is 0.364. The minimum absolute atomic E-state index is 0.131. The maximum absolute atomic E-state index is 11.9. The molecule has 0 heterocycles. The fourth-order valence-corrected chi connectivity index (χ4v) is 1.41. The molecular weight excluding hydrogens is 208 g/mol. The van der Waals surface area contributed by atoms with Crippen molar-refractivity contribution in [3.05, 3.63) is 29.8 Å². The third-order valence-electron chi connectivity index (χ3n) is 2.16. The molecule has 0 saturated heterocycles. The van der Waals surface area contributed by atoms with Gasteiger partial charge in [0.1, 0.15) is 0 Å². The molecule has 1 aromatic rings. The molecule has 0 aliphatic heterocycles. The van der Waals surface area contributed by atoms with Gasteiger partial charge in [-0.15, -0.1) is 0 Å². The second-order valence-corrected chi connectivity index (χ2v) is 3.36. The van der Waals surface area contributed by atoms with Crippen LogP contribution in [0.15, 0.2) is 24.3 Å². The summed E-state index contributed by atoms with van der Waals surface area (Å²) in [7, 11) is 0. The maximum Gasteiger partial charge on any atom is 0.254 e. The van der Waals surface area contributed by atoms with Gasteiger partial charge in [-0.3, -0.25) is 4.79 Å². The first-order valence-corrected chi connectivity index (χ1v) is 5.05. The van der Waals surface area contributed by atoms with E-state index in [1.165, 1.54) is 4.90 Å². The normalized spacial score (nSPS) is 10.1. The van der Waals surface area contributed by atoms with Crippen LogP contribution in [0.2, 0.25) is 0 Å². The molecule has 0 aliphatic rings. The molecule has 0 fully saturated rings. The average Bonchev–Trinajstić information content (AvgIpc) is 2.28. The van der Waals surface area contributed by atoms with Gasteiger partial charge in [0.2, 0.25) is 0 Å². The topological polar surface area (TPSA) is 86.8 Å². The predicted octanol–water partition coefficient (Wildman–Crippen LogP) is -0.304. The lowest BCUT2D eigenvalue weighted by molar-refractivity contribution is 0.0685. The highest BCUT2D eigenvalue weighted by molar-refractivity contribution is 5.95. The Morgan fingerprint density at radius 3 is 2.38 bits per heavy atom. The molecule has 5 heteroatoms. The summed E-state index contributed by atoms with van der Waals surface area (Å²) in [4.78, 5) is 13.3. The van der Waals surface area contributed by atoms with E-state index in [2.05, 4.69) is 0 Å². The van der Waals surface area contributed by atoms with E-state index in [9.17, 15) is 4.79 Å². The summed E-state index contributed by atoms with van der Waals surface area (Å²) >= 11 is 0. The molecule has 4 N–H and O–H groups in total. The molecule has 0 atom stereocenters. The van der Waals surface area contributed by atoms with Crippen LogP contribution in [0.25, 0.3) is 0 Å². The standard InChI is InChI=1S/C11H16N2O3/c12-10-3-1-2-9(8-10)11(16)13(4-6-14)5-7-15/h1-3,8,14-15H,4-7,12H2. The Kier molecular flexibility index (Phi) is 4.75. The summed E-state index contributed by atoms with van der Waals surface area (Å²) < 4.78 is 0. The van der Waals surface area contributed by atoms with Crippen LogP contribution in [-0.4, -0.2) is 47.3 Å². The third-order valence-corrected chi connectivity index (χ3v) is 2.16. The number of carbonyl (C=O) groups is 1. The molecule has 1 aromatic carbocycles. The molecule has 1 amide bonds. The van der Waals surface area contributed by atoms with Crippen molar-refractivity contribution >= 4 is 11.6 Å². The lowest BCUT2D eigenvalue weighted by Crippen LogP contribution is -2.35. The summed E-state index contributed by atoms with van der Waals surface area (Å²) in [6, 6.07) is 6.61. The van der Waals surface area contributed by atoms with Gasteiger partial charge in [-0.25, -0.2) is 0 Å². The Morgan fingerprint density at radius 2 is 1.88 bits per heavy atom. The van der Waals surface area contributed by atoms with Crippen molar-refractivity contribution in [3.8, 4) is 0 Å². The summed E-state index contributed by atoms with van der Waals surface area (Å²) in [5.74, 6) is -0.240. The number of aliphatic hydroxyl groups excluding tert-OH is 2. The molecule has 0 aromatic heterocycles. The van der Waals surface area contributed by atoms with E-state index in [0.717, 1.165) is 0 Å². The zero-order chi connectivity index (χ0) is 12.0. The Morgan fingerprint density at radius 1 is 1.25 bits per heavy atom. The SMILES string of the molecule is Nc1cccc(C(=O)N(CCO)CCO)c1. The van der Waals surface area contributed by atoms with Crippen LogP contribution in [-0.2, 0) is 0 Å². The molecule has 0 aliphatic carbocycles. The van der Waals surface area contributed by atoms with E-state index in [0.29, 0.717) is 11.3 Å². The molecule has 0 saturated carbocycles. The number of hydrogen-bond acceptors (Lipinski definition) is 4. The first-order chi connectivity index (χ1) is 7.69. The third kappa shape index (κ3) is 3.22. The van der Waals surface area contributed by atoms with Crippen molar-refractivity contribution in [2.45, 2.75) is 0 Å². The number of hydrogen-bond donors (Lipinski definition) is 3. The second-order valence-electron chi connectivity index (χ2n) is 3.36. The average molecular weight is 224 g/mol.